The molecular weight excluding hydrogens is 308 g/mol. The number of alkyl halides is 2. The zero-order chi connectivity index (χ0) is 14.7. The van der Waals surface area contributed by atoms with Gasteiger partial charge in [-0.05, 0) is 24.6 Å². The van der Waals surface area contributed by atoms with Crippen LogP contribution < -0.4 is 0 Å². The predicted octanol–water partition coefficient (Wildman–Crippen LogP) is 4.58. The first kappa shape index (κ1) is 14.9. The molecule has 0 aliphatic carbocycles. The van der Waals surface area contributed by atoms with Gasteiger partial charge in [-0.25, -0.2) is 18.6 Å². The Morgan fingerprint density at radius 2 is 2.25 bits per heavy atom. The van der Waals surface area contributed by atoms with Gasteiger partial charge >= 0.3 is 5.97 Å². The molecule has 1 heterocycles. The van der Waals surface area contributed by atoms with Crippen LogP contribution in [0, 0.1) is 0 Å². The number of aromatic nitrogens is 1. The molecule has 0 atom stereocenters. The molecule has 0 spiro atoms. The molecule has 0 amide bonds. The summed E-state index contributed by atoms with van der Waals surface area (Å²) in [5.74, 6) is -0.717. The standard InChI is InChI=1S/C13H10ClF2NO2S/c1-2-19-13(18)9-10(20-12(17-9)11(15)16)7-4-3-5-8(14)6-7/h3-6,11H,2H2,1H3. The number of esters is 1. The number of carbonyl (C=O) groups excluding carboxylic acids is 1. The Kier molecular flexibility index (Phi) is 4.67. The first-order valence-electron chi connectivity index (χ1n) is 5.74. The average molecular weight is 318 g/mol. The van der Waals surface area contributed by atoms with Gasteiger partial charge in [0.1, 0.15) is 0 Å². The molecule has 0 saturated carbocycles. The second-order valence-electron chi connectivity index (χ2n) is 3.76. The molecule has 1 aromatic heterocycles. The number of nitrogens with zero attached hydrogens (tertiary/aromatic N) is 1. The summed E-state index contributed by atoms with van der Waals surface area (Å²) in [5.41, 5.74) is 0.458. The quantitative estimate of drug-likeness (QED) is 0.775. The summed E-state index contributed by atoms with van der Waals surface area (Å²) in [6.07, 6.45) is -2.74. The van der Waals surface area contributed by atoms with Crippen molar-refractivity contribution in [3.8, 4) is 10.4 Å². The van der Waals surface area contributed by atoms with Crippen LogP contribution in [0.3, 0.4) is 0 Å². The highest BCUT2D eigenvalue weighted by Gasteiger charge is 2.24. The van der Waals surface area contributed by atoms with E-state index in [1.165, 1.54) is 0 Å². The van der Waals surface area contributed by atoms with E-state index < -0.39 is 17.4 Å². The molecule has 0 aliphatic rings. The lowest BCUT2D eigenvalue weighted by molar-refractivity contribution is 0.0520. The van der Waals surface area contributed by atoms with E-state index in [1.54, 1.807) is 31.2 Å². The molecule has 0 unspecified atom stereocenters. The molecule has 2 rings (SSSR count). The fourth-order valence-corrected chi connectivity index (χ4v) is 2.69. The second-order valence-corrected chi connectivity index (χ2v) is 5.23. The minimum Gasteiger partial charge on any atom is -0.461 e. The van der Waals surface area contributed by atoms with Crippen LogP contribution >= 0.6 is 22.9 Å². The Balaban J connectivity index is 2.52. The van der Waals surface area contributed by atoms with Crippen LogP contribution in [-0.2, 0) is 4.74 Å². The van der Waals surface area contributed by atoms with Crippen LogP contribution in [-0.4, -0.2) is 17.6 Å². The van der Waals surface area contributed by atoms with Crippen molar-refractivity contribution in [2.75, 3.05) is 6.61 Å². The fraction of sp³-hybridized carbons (Fsp3) is 0.231. The molecular formula is C13H10ClF2NO2S. The van der Waals surface area contributed by atoms with Crippen molar-refractivity contribution in [2.24, 2.45) is 0 Å². The summed E-state index contributed by atoms with van der Waals surface area (Å²) < 4.78 is 30.4. The second kappa shape index (κ2) is 6.28. The average Bonchev–Trinajstić information content (AvgIpc) is 2.84. The number of rotatable bonds is 4. The molecule has 106 valence electrons. The summed E-state index contributed by atoms with van der Waals surface area (Å²) in [7, 11) is 0. The van der Waals surface area contributed by atoms with Crippen molar-refractivity contribution in [3.63, 3.8) is 0 Å². The molecule has 2 aromatic rings. The third-order valence-corrected chi connectivity index (χ3v) is 3.73. The largest absolute Gasteiger partial charge is 0.461 e. The highest BCUT2D eigenvalue weighted by atomic mass is 35.5. The molecule has 7 heteroatoms. The molecule has 0 saturated heterocycles. The minimum absolute atomic E-state index is 0.102. The van der Waals surface area contributed by atoms with E-state index in [0.29, 0.717) is 15.5 Å². The van der Waals surface area contributed by atoms with E-state index >= 15 is 0 Å². The number of hydrogen-bond acceptors (Lipinski definition) is 4. The lowest BCUT2D eigenvalue weighted by atomic mass is 10.1. The summed E-state index contributed by atoms with van der Waals surface area (Å²) in [6, 6.07) is 6.60. The predicted molar refractivity (Wildman–Crippen MR) is 73.5 cm³/mol. The molecule has 0 radical (unpaired) electrons. The summed E-state index contributed by atoms with van der Waals surface area (Å²) in [6.45, 7) is 1.78. The third kappa shape index (κ3) is 3.13. The van der Waals surface area contributed by atoms with E-state index in [1.807, 2.05) is 0 Å². The zero-order valence-electron chi connectivity index (χ0n) is 10.4. The summed E-state index contributed by atoms with van der Waals surface area (Å²) in [5, 5.41) is 0.0346. The zero-order valence-corrected chi connectivity index (χ0v) is 12.0. The SMILES string of the molecule is CCOC(=O)c1nc(C(F)F)sc1-c1cccc(Cl)c1. The van der Waals surface area contributed by atoms with Gasteiger partial charge in [-0.1, -0.05) is 23.7 Å². The van der Waals surface area contributed by atoms with Gasteiger partial charge in [-0.2, -0.15) is 0 Å². The Bertz CT molecular complexity index is 631. The minimum atomic E-state index is -2.74. The van der Waals surface area contributed by atoms with Crippen molar-refractivity contribution in [1.29, 1.82) is 0 Å². The smallest absolute Gasteiger partial charge is 0.358 e. The van der Waals surface area contributed by atoms with Crippen LogP contribution in [0.4, 0.5) is 8.78 Å². The van der Waals surface area contributed by atoms with Gasteiger partial charge in [0.2, 0.25) is 0 Å². The van der Waals surface area contributed by atoms with Crippen LogP contribution in [0.5, 0.6) is 0 Å². The molecule has 0 aliphatic heterocycles. The molecule has 0 N–H and O–H groups in total. The number of benzene rings is 1. The van der Waals surface area contributed by atoms with Crippen LogP contribution in [0.15, 0.2) is 24.3 Å². The maximum Gasteiger partial charge on any atom is 0.358 e. The van der Waals surface area contributed by atoms with E-state index in [9.17, 15) is 13.6 Å². The number of ether oxygens (including phenoxy) is 1. The monoisotopic (exact) mass is 317 g/mol. The maximum atomic E-state index is 12.8. The van der Waals surface area contributed by atoms with Crippen molar-refractivity contribution < 1.29 is 18.3 Å². The molecule has 3 nitrogen and oxygen atoms in total. The van der Waals surface area contributed by atoms with E-state index in [0.717, 1.165) is 11.3 Å². The normalized spacial score (nSPS) is 10.8. The van der Waals surface area contributed by atoms with Crippen molar-refractivity contribution in [1.82, 2.24) is 4.98 Å². The van der Waals surface area contributed by atoms with Gasteiger partial charge in [0.15, 0.2) is 10.7 Å². The fourth-order valence-electron chi connectivity index (χ4n) is 1.59. The van der Waals surface area contributed by atoms with Crippen LogP contribution in [0.25, 0.3) is 10.4 Å². The number of thiazole rings is 1. The maximum absolute atomic E-state index is 12.8. The van der Waals surface area contributed by atoms with E-state index in [2.05, 4.69) is 4.98 Å². The molecule has 1 aromatic carbocycles. The summed E-state index contributed by atoms with van der Waals surface area (Å²) in [4.78, 5) is 15.8. The Morgan fingerprint density at radius 3 is 2.85 bits per heavy atom. The molecule has 20 heavy (non-hydrogen) atoms. The van der Waals surface area contributed by atoms with Gasteiger partial charge in [0.05, 0.1) is 11.5 Å². The number of halogens is 3. The van der Waals surface area contributed by atoms with Crippen LogP contribution in [0.2, 0.25) is 5.02 Å². The van der Waals surface area contributed by atoms with Gasteiger partial charge in [0.25, 0.3) is 6.43 Å². The van der Waals surface area contributed by atoms with Crippen molar-refractivity contribution in [2.45, 2.75) is 13.3 Å². The first-order chi connectivity index (χ1) is 9.52. The Labute approximate surface area is 123 Å². The van der Waals surface area contributed by atoms with E-state index in [4.69, 9.17) is 16.3 Å². The van der Waals surface area contributed by atoms with Gasteiger partial charge in [0, 0.05) is 5.02 Å². The lowest BCUT2D eigenvalue weighted by Crippen LogP contribution is -2.06. The molecule has 0 fully saturated rings. The third-order valence-electron chi connectivity index (χ3n) is 2.39. The highest BCUT2D eigenvalue weighted by Crippen LogP contribution is 2.35. The highest BCUT2D eigenvalue weighted by molar-refractivity contribution is 7.15. The Hall–Kier alpha value is -1.53. The Morgan fingerprint density at radius 1 is 1.50 bits per heavy atom. The first-order valence-corrected chi connectivity index (χ1v) is 6.94. The summed E-state index contributed by atoms with van der Waals surface area (Å²) >= 11 is 6.64. The topological polar surface area (TPSA) is 39.2 Å². The van der Waals surface area contributed by atoms with Crippen molar-refractivity contribution >= 4 is 28.9 Å². The van der Waals surface area contributed by atoms with Gasteiger partial charge < -0.3 is 4.74 Å². The van der Waals surface area contributed by atoms with Gasteiger partial charge in [-0.3, -0.25) is 0 Å². The van der Waals surface area contributed by atoms with E-state index in [-0.39, 0.29) is 12.3 Å². The van der Waals surface area contributed by atoms with Gasteiger partial charge in [-0.15, -0.1) is 11.3 Å². The number of hydrogen-bond donors (Lipinski definition) is 0. The number of carbonyl (C=O) groups is 1. The lowest BCUT2D eigenvalue weighted by Gasteiger charge is -2.02. The van der Waals surface area contributed by atoms with Crippen LogP contribution in [0.1, 0.15) is 28.8 Å². The van der Waals surface area contributed by atoms with Crippen molar-refractivity contribution in [3.05, 3.63) is 40.0 Å². The molecule has 0 bridgehead atoms.